The second-order valence-electron chi connectivity index (χ2n) is 3.93. The zero-order chi connectivity index (χ0) is 13.1. The van der Waals surface area contributed by atoms with Gasteiger partial charge in [-0.05, 0) is 13.8 Å². The van der Waals surface area contributed by atoms with E-state index in [1.165, 1.54) is 11.3 Å². The van der Waals surface area contributed by atoms with Crippen molar-refractivity contribution in [3.8, 4) is 0 Å². The van der Waals surface area contributed by atoms with Gasteiger partial charge in [-0.15, -0.1) is 11.3 Å². The third kappa shape index (κ3) is 2.67. The highest BCUT2D eigenvalue weighted by molar-refractivity contribution is 7.13. The minimum absolute atomic E-state index is 0.143. The number of H-pyrrole nitrogens is 1. The van der Waals surface area contributed by atoms with Crippen LogP contribution in [0.4, 0.5) is 5.13 Å². The number of amides is 1. The van der Waals surface area contributed by atoms with Gasteiger partial charge in [0.05, 0.1) is 0 Å². The smallest absolute Gasteiger partial charge is 0.310 e. The summed E-state index contributed by atoms with van der Waals surface area (Å²) in [5, 5.41) is 5.05. The van der Waals surface area contributed by atoms with Crippen LogP contribution in [0.15, 0.2) is 16.4 Å². The van der Waals surface area contributed by atoms with Crippen LogP contribution in [-0.4, -0.2) is 20.4 Å². The number of hydrogen-bond acceptors (Lipinski definition) is 4. The zero-order valence-corrected chi connectivity index (χ0v) is 11.0. The molecule has 6 nitrogen and oxygen atoms in total. The zero-order valence-electron chi connectivity index (χ0n) is 10.2. The van der Waals surface area contributed by atoms with Gasteiger partial charge < -0.3 is 10.3 Å². The Hall–Kier alpha value is -1.89. The van der Waals surface area contributed by atoms with Crippen molar-refractivity contribution < 1.29 is 4.79 Å². The number of hydrogen-bond donors (Lipinski definition) is 2. The highest BCUT2D eigenvalue weighted by Crippen LogP contribution is 2.10. The third-order valence-corrected chi connectivity index (χ3v) is 3.42. The van der Waals surface area contributed by atoms with Crippen molar-refractivity contribution in [2.24, 2.45) is 0 Å². The molecule has 0 atom stereocenters. The van der Waals surface area contributed by atoms with Crippen molar-refractivity contribution in [1.82, 2.24) is 14.5 Å². The van der Waals surface area contributed by atoms with Gasteiger partial charge in [0.25, 0.3) is 0 Å². The Morgan fingerprint density at radius 1 is 1.56 bits per heavy atom. The summed E-state index contributed by atoms with van der Waals surface area (Å²) in [6.45, 7) is 4.06. The molecule has 0 aliphatic heterocycles. The standard InChI is InChI=1S/C11H14N4O2S/c1-7-8(2)15(11(17)13-7)5-3-9(16)14-10-12-4-6-18-10/h4,6H,3,5H2,1-2H3,(H,13,17)(H,12,14,16). The Morgan fingerprint density at radius 2 is 2.33 bits per heavy atom. The summed E-state index contributed by atoms with van der Waals surface area (Å²) in [5.41, 5.74) is 1.52. The van der Waals surface area contributed by atoms with E-state index in [1.807, 2.05) is 13.8 Å². The Kier molecular flexibility index (Phi) is 3.61. The van der Waals surface area contributed by atoms with Crippen molar-refractivity contribution in [2.45, 2.75) is 26.8 Å². The molecule has 7 heteroatoms. The lowest BCUT2D eigenvalue weighted by Crippen LogP contribution is -2.22. The topological polar surface area (TPSA) is 79.8 Å². The first-order chi connectivity index (χ1) is 8.58. The molecule has 0 spiro atoms. The number of nitrogens with one attached hydrogen (secondary N) is 2. The van der Waals surface area contributed by atoms with E-state index in [0.717, 1.165) is 11.4 Å². The summed E-state index contributed by atoms with van der Waals surface area (Å²) in [4.78, 5) is 29.9. The predicted octanol–water partition coefficient (Wildman–Crippen LogP) is 1.28. The molecule has 2 heterocycles. The normalized spacial score (nSPS) is 10.6. The van der Waals surface area contributed by atoms with Crippen LogP contribution in [0.5, 0.6) is 0 Å². The van der Waals surface area contributed by atoms with Gasteiger partial charge in [0.1, 0.15) is 0 Å². The lowest BCUT2D eigenvalue weighted by Gasteiger charge is -2.04. The van der Waals surface area contributed by atoms with Crippen LogP contribution < -0.4 is 11.0 Å². The second kappa shape index (κ2) is 5.18. The molecule has 0 radical (unpaired) electrons. The molecule has 0 saturated carbocycles. The van der Waals surface area contributed by atoms with E-state index >= 15 is 0 Å². The van der Waals surface area contributed by atoms with Gasteiger partial charge in [-0.1, -0.05) is 0 Å². The molecule has 2 N–H and O–H groups in total. The quantitative estimate of drug-likeness (QED) is 0.874. The van der Waals surface area contributed by atoms with Gasteiger partial charge in [0, 0.05) is 35.9 Å². The molecule has 0 bridgehead atoms. The number of aromatic nitrogens is 3. The van der Waals surface area contributed by atoms with Gasteiger partial charge in [-0.3, -0.25) is 9.36 Å². The second-order valence-corrected chi connectivity index (χ2v) is 4.82. The maximum atomic E-state index is 11.6. The molecule has 0 aromatic carbocycles. The molecule has 2 rings (SSSR count). The fourth-order valence-corrected chi connectivity index (χ4v) is 2.17. The first-order valence-electron chi connectivity index (χ1n) is 5.53. The first kappa shape index (κ1) is 12.6. The van der Waals surface area contributed by atoms with Crippen LogP contribution >= 0.6 is 11.3 Å². The highest BCUT2D eigenvalue weighted by atomic mass is 32.1. The molecule has 96 valence electrons. The van der Waals surface area contributed by atoms with Gasteiger partial charge >= 0.3 is 5.69 Å². The highest BCUT2D eigenvalue weighted by Gasteiger charge is 2.09. The van der Waals surface area contributed by atoms with E-state index in [0.29, 0.717) is 11.7 Å². The minimum atomic E-state index is -0.174. The third-order valence-electron chi connectivity index (χ3n) is 2.73. The Bertz CT molecular complexity index is 597. The van der Waals surface area contributed by atoms with E-state index in [4.69, 9.17) is 0 Å². The van der Waals surface area contributed by atoms with E-state index in [-0.39, 0.29) is 18.0 Å². The average molecular weight is 266 g/mol. The van der Waals surface area contributed by atoms with E-state index in [1.54, 1.807) is 16.1 Å². The number of thiazole rings is 1. The van der Waals surface area contributed by atoms with Crippen molar-refractivity contribution in [2.75, 3.05) is 5.32 Å². The summed E-state index contributed by atoms with van der Waals surface area (Å²) in [6, 6.07) is 0. The van der Waals surface area contributed by atoms with Gasteiger partial charge in [-0.2, -0.15) is 0 Å². The summed E-state index contributed by atoms with van der Waals surface area (Å²) >= 11 is 1.37. The van der Waals surface area contributed by atoms with Crippen LogP contribution in [0, 0.1) is 13.8 Å². The summed E-state index contributed by atoms with van der Waals surface area (Å²) in [6.07, 6.45) is 1.88. The molecule has 18 heavy (non-hydrogen) atoms. The number of carbonyl (C=O) groups is 1. The molecule has 0 unspecified atom stereocenters. The fraction of sp³-hybridized carbons (Fsp3) is 0.364. The van der Waals surface area contributed by atoms with E-state index < -0.39 is 0 Å². The summed E-state index contributed by atoms with van der Waals surface area (Å²) in [5.74, 6) is -0.143. The largest absolute Gasteiger partial charge is 0.325 e. The monoisotopic (exact) mass is 266 g/mol. The van der Waals surface area contributed by atoms with E-state index in [2.05, 4.69) is 15.3 Å². The van der Waals surface area contributed by atoms with Crippen molar-refractivity contribution >= 4 is 22.4 Å². The van der Waals surface area contributed by atoms with Gasteiger partial charge in [0.15, 0.2) is 5.13 Å². The molecular weight excluding hydrogens is 252 g/mol. The number of nitrogens with zero attached hydrogens (tertiary/aromatic N) is 2. The first-order valence-corrected chi connectivity index (χ1v) is 6.41. The molecule has 0 saturated heterocycles. The van der Waals surface area contributed by atoms with E-state index in [9.17, 15) is 9.59 Å². The maximum Gasteiger partial charge on any atom is 0.325 e. The predicted molar refractivity (Wildman–Crippen MR) is 69.9 cm³/mol. The molecule has 1 amide bonds. The van der Waals surface area contributed by atoms with Crippen LogP contribution in [0.25, 0.3) is 0 Å². The Labute approximate surface area is 108 Å². The summed E-state index contributed by atoms with van der Waals surface area (Å²) < 4.78 is 1.57. The van der Waals surface area contributed by atoms with Crippen molar-refractivity contribution in [3.63, 3.8) is 0 Å². The number of rotatable bonds is 4. The molecular formula is C11H14N4O2S. The lowest BCUT2D eigenvalue weighted by molar-refractivity contribution is -0.116. The molecule has 2 aromatic rings. The molecule has 0 fully saturated rings. The van der Waals surface area contributed by atoms with Crippen LogP contribution in [0.3, 0.4) is 0 Å². The molecule has 0 aliphatic rings. The molecule has 0 aliphatic carbocycles. The Balaban J connectivity index is 1.95. The fourth-order valence-electron chi connectivity index (χ4n) is 1.62. The van der Waals surface area contributed by atoms with Gasteiger partial charge in [-0.25, -0.2) is 9.78 Å². The summed E-state index contributed by atoms with van der Waals surface area (Å²) in [7, 11) is 0. The SMILES string of the molecule is Cc1[nH]c(=O)n(CCC(=O)Nc2nccs2)c1C. The van der Waals surface area contributed by atoms with Crippen LogP contribution in [0.2, 0.25) is 0 Å². The number of imidazole rings is 1. The van der Waals surface area contributed by atoms with Crippen LogP contribution in [0.1, 0.15) is 17.8 Å². The minimum Gasteiger partial charge on any atom is -0.310 e. The number of aryl methyl sites for hydroxylation is 1. The van der Waals surface area contributed by atoms with Crippen molar-refractivity contribution in [1.29, 1.82) is 0 Å². The van der Waals surface area contributed by atoms with Crippen molar-refractivity contribution in [3.05, 3.63) is 33.4 Å². The van der Waals surface area contributed by atoms with Gasteiger partial charge in [0.2, 0.25) is 5.91 Å². The lowest BCUT2D eigenvalue weighted by atomic mass is 10.3. The molecule has 2 aromatic heterocycles. The van der Waals surface area contributed by atoms with Crippen LogP contribution in [-0.2, 0) is 11.3 Å². The number of anilines is 1. The number of carbonyl (C=O) groups excluding carboxylic acids is 1. The average Bonchev–Trinajstić information content (AvgIpc) is 2.88. The number of aromatic amines is 1. The maximum absolute atomic E-state index is 11.6. The Morgan fingerprint density at radius 3 is 2.89 bits per heavy atom.